The van der Waals surface area contributed by atoms with Gasteiger partial charge in [0.15, 0.2) is 0 Å². The number of thioether (sulfide) groups is 1. The average Bonchev–Trinajstić information content (AvgIpc) is 2.60. The molecule has 1 heterocycles. The molecule has 0 unspecified atom stereocenters. The van der Waals surface area contributed by atoms with E-state index in [2.05, 4.69) is 0 Å². The normalized spacial score (nSPS) is 17.9. The van der Waals surface area contributed by atoms with Gasteiger partial charge in [0.05, 0.1) is 11.6 Å². The molecule has 0 aliphatic carbocycles. The minimum absolute atomic E-state index is 0.211. The van der Waals surface area contributed by atoms with Crippen LogP contribution < -0.4 is 0 Å². The van der Waals surface area contributed by atoms with Gasteiger partial charge in [0.2, 0.25) is 0 Å². The van der Waals surface area contributed by atoms with E-state index in [4.69, 9.17) is 0 Å². The van der Waals surface area contributed by atoms with Crippen molar-refractivity contribution in [3.05, 3.63) is 40.3 Å². The fourth-order valence-corrected chi connectivity index (χ4v) is 2.55. The van der Waals surface area contributed by atoms with Crippen molar-refractivity contribution in [3.63, 3.8) is 0 Å². The molecular formula is C14H16N2O2S. The molecule has 0 aromatic heterocycles. The predicted octanol–water partition coefficient (Wildman–Crippen LogP) is 2.55. The molecule has 19 heavy (non-hydrogen) atoms. The zero-order valence-corrected chi connectivity index (χ0v) is 12.0. The highest BCUT2D eigenvalue weighted by molar-refractivity contribution is 8.18. The van der Waals surface area contributed by atoms with Crippen molar-refractivity contribution in [3.8, 4) is 0 Å². The Morgan fingerprint density at radius 3 is 2.42 bits per heavy atom. The maximum absolute atomic E-state index is 12.1. The molecule has 4 nitrogen and oxygen atoms in total. The molecule has 1 aliphatic heterocycles. The summed E-state index contributed by atoms with van der Waals surface area (Å²) in [6.45, 7) is 2.32. The molecule has 1 saturated heterocycles. The van der Waals surface area contributed by atoms with Gasteiger partial charge in [0.1, 0.15) is 0 Å². The lowest BCUT2D eigenvalue weighted by Gasteiger charge is -2.17. The summed E-state index contributed by atoms with van der Waals surface area (Å²) in [5, 5.41) is -0.211. The first kappa shape index (κ1) is 13.8. The number of carbonyl (C=O) groups is 2. The van der Waals surface area contributed by atoms with E-state index in [1.807, 2.05) is 45.3 Å². The summed E-state index contributed by atoms with van der Waals surface area (Å²) in [5.41, 5.74) is 2.10. The Balaban J connectivity index is 2.20. The summed E-state index contributed by atoms with van der Waals surface area (Å²) < 4.78 is 0. The van der Waals surface area contributed by atoms with Crippen molar-refractivity contribution in [1.82, 2.24) is 9.80 Å². The molecule has 0 saturated carbocycles. The molecule has 5 heteroatoms. The van der Waals surface area contributed by atoms with E-state index in [1.165, 1.54) is 4.90 Å². The quantitative estimate of drug-likeness (QED) is 0.796. The number of rotatable bonds is 3. The molecule has 2 rings (SSSR count). The molecule has 0 atom stereocenters. The second-order valence-electron chi connectivity index (χ2n) is 4.74. The first-order valence-electron chi connectivity index (χ1n) is 5.94. The number of hydrogen-bond acceptors (Lipinski definition) is 4. The van der Waals surface area contributed by atoms with Crippen LogP contribution in [0.3, 0.4) is 0 Å². The van der Waals surface area contributed by atoms with Crippen LogP contribution in [0, 0.1) is 6.92 Å². The van der Waals surface area contributed by atoms with Crippen LogP contribution in [0.25, 0.3) is 6.08 Å². The molecule has 1 aromatic carbocycles. The van der Waals surface area contributed by atoms with Gasteiger partial charge >= 0.3 is 0 Å². The van der Waals surface area contributed by atoms with Crippen LogP contribution >= 0.6 is 11.8 Å². The van der Waals surface area contributed by atoms with Gasteiger partial charge in [-0.2, -0.15) is 0 Å². The monoisotopic (exact) mass is 276 g/mol. The topological polar surface area (TPSA) is 40.6 Å². The Morgan fingerprint density at radius 1 is 1.21 bits per heavy atom. The summed E-state index contributed by atoms with van der Waals surface area (Å²) in [6, 6.07) is 7.84. The Morgan fingerprint density at radius 2 is 1.84 bits per heavy atom. The van der Waals surface area contributed by atoms with Crippen LogP contribution in [0.4, 0.5) is 4.79 Å². The van der Waals surface area contributed by atoms with Crippen LogP contribution in [-0.2, 0) is 4.79 Å². The van der Waals surface area contributed by atoms with Gasteiger partial charge in [-0.15, -0.1) is 0 Å². The Bertz CT molecular complexity index is 535. The van der Waals surface area contributed by atoms with Gasteiger partial charge < -0.3 is 0 Å². The molecule has 1 fully saturated rings. The molecule has 100 valence electrons. The van der Waals surface area contributed by atoms with E-state index in [-0.39, 0.29) is 11.1 Å². The largest absolute Gasteiger partial charge is 0.294 e. The van der Waals surface area contributed by atoms with Crippen molar-refractivity contribution in [2.75, 3.05) is 20.8 Å². The molecule has 0 radical (unpaired) electrons. The van der Waals surface area contributed by atoms with E-state index in [0.717, 1.165) is 22.9 Å². The van der Waals surface area contributed by atoms with E-state index in [9.17, 15) is 9.59 Å². The standard InChI is InChI=1S/C14H16N2O2S/c1-10-4-6-11(7-5-10)8-12-13(17)16(9-15(2)3)14(18)19-12/h4-8H,9H2,1-3H3/b12-8+. The van der Waals surface area contributed by atoms with Crippen molar-refractivity contribution >= 4 is 29.0 Å². The van der Waals surface area contributed by atoms with Crippen LogP contribution in [-0.4, -0.2) is 41.7 Å². The van der Waals surface area contributed by atoms with E-state index in [0.29, 0.717) is 11.6 Å². The molecular weight excluding hydrogens is 260 g/mol. The lowest BCUT2D eigenvalue weighted by Crippen LogP contribution is -2.36. The molecule has 2 amide bonds. The summed E-state index contributed by atoms with van der Waals surface area (Å²) >= 11 is 0.995. The van der Waals surface area contributed by atoms with E-state index >= 15 is 0 Å². The van der Waals surface area contributed by atoms with E-state index < -0.39 is 0 Å². The Hall–Kier alpha value is -1.59. The minimum Gasteiger partial charge on any atom is -0.292 e. The number of imide groups is 1. The highest BCUT2D eigenvalue weighted by Crippen LogP contribution is 2.32. The molecule has 0 N–H and O–H groups in total. The highest BCUT2D eigenvalue weighted by atomic mass is 32.2. The first-order valence-corrected chi connectivity index (χ1v) is 6.76. The van der Waals surface area contributed by atoms with Crippen LogP contribution in [0.1, 0.15) is 11.1 Å². The van der Waals surface area contributed by atoms with Gasteiger partial charge in [-0.1, -0.05) is 29.8 Å². The second kappa shape index (κ2) is 5.59. The third-order valence-electron chi connectivity index (χ3n) is 2.67. The average molecular weight is 276 g/mol. The van der Waals surface area contributed by atoms with Crippen LogP contribution in [0.2, 0.25) is 0 Å². The second-order valence-corrected chi connectivity index (χ2v) is 5.73. The minimum atomic E-state index is -0.218. The third-order valence-corrected chi connectivity index (χ3v) is 3.58. The lowest BCUT2D eigenvalue weighted by molar-refractivity contribution is -0.123. The van der Waals surface area contributed by atoms with Gasteiger partial charge in [0.25, 0.3) is 11.1 Å². The maximum Gasteiger partial charge on any atom is 0.294 e. The number of amides is 2. The highest BCUT2D eigenvalue weighted by Gasteiger charge is 2.35. The lowest BCUT2D eigenvalue weighted by atomic mass is 10.1. The predicted molar refractivity (Wildman–Crippen MR) is 77.5 cm³/mol. The number of hydrogen-bond donors (Lipinski definition) is 0. The van der Waals surface area contributed by atoms with Crippen molar-refractivity contribution < 1.29 is 9.59 Å². The maximum atomic E-state index is 12.1. The van der Waals surface area contributed by atoms with Crippen LogP contribution in [0.15, 0.2) is 29.2 Å². The van der Waals surface area contributed by atoms with Crippen molar-refractivity contribution in [1.29, 1.82) is 0 Å². The van der Waals surface area contributed by atoms with Gasteiger partial charge in [-0.05, 0) is 44.4 Å². The fraction of sp³-hybridized carbons (Fsp3) is 0.286. The molecule has 0 bridgehead atoms. The molecule has 0 spiro atoms. The molecule has 1 aromatic rings. The Labute approximate surface area is 117 Å². The van der Waals surface area contributed by atoms with Crippen molar-refractivity contribution in [2.24, 2.45) is 0 Å². The summed E-state index contributed by atoms with van der Waals surface area (Å²) in [4.78, 5) is 27.4. The van der Waals surface area contributed by atoms with Crippen molar-refractivity contribution in [2.45, 2.75) is 6.92 Å². The van der Waals surface area contributed by atoms with Crippen LogP contribution in [0.5, 0.6) is 0 Å². The summed E-state index contributed by atoms with van der Waals surface area (Å²) in [5.74, 6) is -0.218. The number of benzene rings is 1. The van der Waals surface area contributed by atoms with Gasteiger partial charge in [-0.3, -0.25) is 19.4 Å². The number of carbonyl (C=O) groups excluding carboxylic acids is 2. The fourth-order valence-electron chi connectivity index (χ4n) is 1.72. The zero-order chi connectivity index (χ0) is 14.0. The van der Waals surface area contributed by atoms with Gasteiger partial charge in [-0.25, -0.2) is 0 Å². The summed E-state index contributed by atoms with van der Waals surface area (Å²) in [7, 11) is 3.65. The zero-order valence-electron chi connectivity index (χ0n) is 11.2. The van der Waals surface area contributed by atoms with Gasteiger partial charge in [0, 0.05) is 0 Å². The van der Waals surface area contributed by atoms with E-state index in [1.54, 1.807) is 11.0 Å². The summed E-state index contributed by atoms with van der Waals surface area (Å²) in [6.07, 6.45) is 1.76. The third kappa shape index (κ3) is 3.24. The molecule has 1 aliphatic rings. The smallest absolute Gasteiger partial charge is 0.292 e. The number of nitrogens with zero attached hydrogens (tertiary/aromatic N) is 2. The number of aryl methyl sites for hydroxylation is 1. The Kier molecular flexibility index (Phi) is 4.07. The SMILES string of the molecule is Cc1ccc(/C=C2/SC(=O)N(CN(C)C)C2=O)cc1. The first-order chi connectivity index (χ1) is 8.97.